The van der Waals surface area contributed by atoms with Crippen molar-refractivity contribution in [2.45, 2.75) is 13.3 Å². The van der Waals surface area contributed by atoms with E-state index in [1.165, 1.54) is 4.90 Å². The van der Waals surface area contributed by atoms with Crippen LogP contribution < -0.4 is 10.2 Å². The molecule has 0 aliphatic rings. The summed E-state index contributed by atoms with van der Waals surface area (Å²) in [7, 11) is 0. The van der Waals surface area contributed by atoms with Crippen LogP contribution in [0.4, 0.5) is 11.4 Å². The summed E-state index contributed by atoms with van der Waals surface area (Å²) in [5.74, 6) is -0.272. The number of nitriles is 1. The average Bonchev–Trinajstić information content (AvgIpc) is 2.52. The SMILES string of the molecule is CCc1cccc(N(C#N)CC(=O)Nc2cccc(Cl)c2)c1. The topological polar surface area (TPSA) is 56.1 Å². The first kappa shape index (κ1) is 15.9. The van der Waals surface area contributed by atoms with Gasteiger partial charge in [-0.1, -0.05) is 36.7 Å². The van der Waals surface area contributed by atoms with E-state index in [2.05, 4.69) is 5.32 Å². The van der Waals surface area contributed by atoms with Gasteiger partial charge in [0, 0.05) is 10.7 Å². The van der Waals surface area contributed by atoms with E-state index in [-0.39, 0.29) is 12.5 Å². The maximum atomic E-state index is 12.1. The van der Waals surface area contributed by atoms with Crippen LogP contribution in [0.25, 0.3) is 0 Å². The fraction of sp³-hybridized carbons (Fsp3) is 0.176. The molecule has 0 atom stereocenters. The monoisotopic (exact) mass is 313 g/mol. The maximum Gasteiger partial charge on any atom is 0.245 e. The van der Waals surface area contributed by atoms with Crippen molar-refractivity contribution in [1.29, 1.82) is 5.26 Å². The zero-order valence-corrected chi connectivity index (χ0v) is 13.0. The van der Waals surface area contributed by atoms with Crippen LogP contribution in [-0.4, -0.2) is 12.5 Å². The molecule has 112 valence electrons. The largest absolute Gasteiger partial charge is 0.324 e. The molecule has 1 N–H and O–H groups in total. The number of aryl methyl sites for hydroxylation is 1. The van der Waals surface area contributed by atoms with Crippen LogP contribution in [0.2, 0.25) is 5.02 Å². The molecule has 0 bridgehead atoms. The molecule has 0 radical (unpaired) electrons. The van der Waals surface area contributed by atoms with E-state index in [1.807, 2.05) is 37.4 Å². The Labute approximate surface area is 134 Å². The number of halogens is 1. The lowest BCUT2D eigenvalue weighted by atomic mass is 10.1. The van der Waals surface area contributed by atoms with Crippen molar-refractivity contribution < 1.29 is 4.79 Å². The van der Waals surface area contributed by atoms with Gasteiger partial charge in [0.05, 0.1) is 5.69 Å². The predicted octanol–water partition coefficient (Wildman–Crippen LogP) is 3.83. The van der Waals surface area contributed by atoms with Gasteiger partial charge in [0.1, 0.15) is 6.54 Å². The van der Waals surface area contributed by atoms with Crippen LogP contribution in [0.5, 0.6) is 0 Å². The van der Waals surface area contributed by atoms with Crippen molar-refractivity contribution in [3.05, 3.63) is 59.1 Å². The quantitative estimate of drug-likeness (QED) is 0.674. The van der Waals surface area contributed by atoms with Gasteiger partial charge in [-0.05, 0) is 42.3 Å². The minimum absolute atomic E-state index is 0.0455. The normalized spacial score (nSPS) is 9.86. The van der Waals surface area contributed by atoms with Gasteiger partial charge < -0.3 is 5.32 Å². The number of nitrogens with one attached hydrogen (secondary N) is 1. The number of amides is 1. The second kappa shape index (κ2) is 7.48. The number of rotatable bonds is 5. The minimum Gasteiger partial charge on any atom is -0.324 e. The zero-order chi connectivity index (χ0) is 15.9. The molecule has 2 aromatic rings. The number of carbonyl (C=O) groups excluding carboxylic acids is 1. The molecule has 0 aliphatic carbocycles. The molecule has 0 saturated heterocycles. The minimum atomic E-state index is -0.272. The van der Waals surface area contributed by atoms with Crippen LogP contribution in [0.15, 0.2) is 48.5 Å². The molecule has 2 aromatic carbocycles. The Morgan fingerprint density at radius 2 is 2.05 bits per heavy atom. The first-order valence-electron chi connectivity index (χ1n) is 6.94. The van der Waals surface area contributed by atoms with Gasteiger partial charge in [-0.15, -0.1) is 0 Å². The van der Waals surface area contributed by atoms with Gasteiger partial charge in [-0.2, -0.15) is 5.26 Å². The second-order valence-corrected chi connectivity index (χ2v) is 5.20. The van der Waals surface area contributed by atoms with Crippen LogP contribution in [0.1, 0.15) is 12.5 Å². The summed E-state index contributed by atoms with van der Waals surface area (Å²) >= 11 is 5.88. The number of hydrogen-bond donors (Lipinski definition) is 1. The first-order valence-corrected chi connectivity index (χ1v) is 7.32. The summed E-state index contributed by atoms with van der Waals surface area (Å²) in [5.41, 5.74) is 2.44. The van der Waals surface area contributed by atoms with Crippen molar-refractivity contribution in [1.82, 2.24) is 0 Å². The summed E-state index contributed by atoms with van der Waals surface area (Å²) in [6.07, 6.45) is 2.92. The van der Waals surface area contributed by atoms with Crippen molar-refractivity contribution >= 4 is 28.9 Å². The fourth-order valence-corrected chi connectivity index (χ4v) is 2.23. The van der Waals surface area contributed by atoms with Crippen molar-refractivity contribution in [3.8, 4) is 6.19 Å². The second-order valence-electron chi connectivity index (χ2n) is 4.77. The Hall–Kier alpha value is -2.51. The van der Waals surface area contributed by atoms with Crippen LogP contribution in [0, 0.1) is 11.5 Å². The molecule has 22 heavy (non-hydrogen) atoms. The summed E-state index contributed by atoms with van der Waals surface area (Å²) in [6, 6.07) is 14.5. The molecule has 0 aromatic heterocycles. The molecule has 0 fully saturated rings. The highest BCUT2D eigenvalue weighted by Crippen LogP contribution is 2.17. The fourth-order valence-electron chi connectivity index (χ4n) is 2.04. The van der Waals surface area contributed by atoms with E-state index >= 15 is 0 Å². The predicted molar refractivity (Wildman–Crippen MR) is 88.9 cm³/mol. The molecular formula is C17H16ClN3O. The van der Waals surface area contributed by atoms with Crippen molar-refractivity contribution in [2.75, 3.05) is 16.8 Å². The Balaban J connectivity index is 2.06. The van der Waals surface area contributed by atoms with Gasteiger partial charge in [-0.25, -0.2) is 0 Å². The summed E-state index contributed by atoms with van der Waals surface area (Å²) < 4.78 is 0. The first-order chi connectivity index (χ1) is 10.6. The number of carbonyl (C=O) groups is 1. The van der Waals surface area contributed by atoms with E-state index in [0.29, 0.717) is 16.4 Å². The van der Waals surface area contributed by atoms with Crippen LogP contribution in [0.3, 0.4) is 0 Å². The van der Waals surface area contributed by atoms with Gasteiger partial charge in [0.25, 0.3) is 0 Å². The van der Waals surface area contributed by atoms with Crippen molar-refractivity contribution in [3.63, 3.8) is 0 Å². The van der Waals surface area contributed by atoms with E-state index in [1.54, 1.807) is 24.3 Å². The zero-order valence-electron chi connectivity index (χ0n) is 12.2. The number of nitrogens with zero attached hydrogens (tertiary/aromatic N) is 2. The van der Waals surface area contributed by atoms with E-state index in [9.17, 15) is 10.1 Å². The lowest BCUT2D eigenvalue weighted by Crippen LogP contribution is -2.29. The Bertz CT molecular complexity index is 709. The van der Waals surface area contributed by atoms with E-state index in [0.717, 1.165) is 12.0 Å². The van der Waals surface area contributed by atoms with E-state index < -0.39 is 0 Å². The van der Waals surface area contributed by atoms with Gasteiger partial charge in [0.2, 0.25) is 5.91 Å². The standard InChI is InChI=1S/C17H16ClN3O/c1-2-13-5-3-8-16(9-13)21(12-19)11-17(22)20-15-7-4-6-14(18)10-15/h3-10H,2,11H2,1H3,(H,20,22). The Kier molecular flexibility index (Phi) is 5.40. The summed E-state index contributed by atoms with van der Waals surface area (Å²) in [6.45, 7) is 2.00. The van der Waals surface area contributed by atoms with Crippen LogP contribution >= 0.6 is 11.6 Å². The third kappa shape index (κ3) is 4.24. The molecule has 0 spiro atoms. The molecule has 4 nitrogen and oxygen atoms in total. The van der Waals surface area contributed by atoms with Gasteiger partial charge in [-0.3, -0.25) is 9.69 Å². The molecule has 2 rings (SSSR count). The van der Waals surface area contributed by atoms with Gasteiger partial charge >= 0.3 is 0 Å². The highest BCUT2D eigenvalue weighted by atomic mass is 35.5. The number of anilines is 2. The van der Waals surface area contributed by atoms with Crippen molar-refractivity contribution in [2.24, 2.45) is 0 Å². The average molecular weight is 314 g/mol. The van der Waals surface area contributed by atoms with Crippen LogP contribution in [-0.2, 0) is 11.2 Å². The number of benzene rings is 2. The molecule has 0 aliphatic heterocycles. The lowest BCUT2D eigenvalue weighted by Gasteiger charge is -2.16. The molecule has 0 saturated carbocycles. The molecule has 0 heterocycles. The third-order valence-corrected chi connectivity index (χ3v) is 3.40. The third-order valence-electron chi connectivity index (χ3n) is 3.16. The Morgan fingerprint density at radius 3 is 2.73 bits per heavy atom. The molecular weight excluding hydrogens is 298 g/mol. The Morgan fingerprint density at radius 1 is 1.27 bits per heavy atom. The lowest BCUT2D eigenvalue weighted by molar-refractivity contribution is -0.114. The maximum absolute atomic E-state index is 12.1. The smallest absolute Gasteiger partial charge is 0.245 e. The molecule has 5 heteroatoms. The summed E-state index contributed by atoms with van der Waals surface area (Å²) in [5, 5.41) is 12.6. The molecule has 0 unspecified atom stereocenters. The van der Waals surface area contributed by atoms with E-state index in [4.69, 9.17) is 11.6 Å². The highest BCUT2D eigenvalue weighted by molar-refractivity contribution is 6.30. The highest BCUT2D eigenvalue weighted by Gasteiger charge is 2.12. The number of hydrogen-bond acceptors (Lipinski definition) is 3. The molecule has 1 amide bonds. The summed E-state index contributed by atoms with van der Waals surface area (Å²) in [4.78, 5) is 13.4. The van der Waals surface area contributed by atoms with Gasteiger partial charge in [0.15, 0.2) is 6.19 Å².